The third-order valence-corrected chi connectivity index (χ3v) is 4.01. The molecule has 2 rings (SSSR count). The Balaban J connectivity index is 2.28. The number of hydrogen-bond donors (Lipinski definition) is 1. The van der Waals surface area contributed by atoms with Crippen LogP contribution in [0.1, 0.15) is 35.7 Å². The number of nitro groups is 1. The van der Waals surface area contributed by atoms with Gasteiger partial charge in [0.05, 0.1) is 11.0 Å². The Morgan fingerprint density at radius 2 is 2.14 bits per heavy atom. The molecular formula is C13H13F2N3O2S. The van der Waals surface area contributed by atoms with Crippen LogP contribution in [0.5, 0.6) is 0 Å². The van der Waals surface area contributed by atoms with Crippen LogP contribution >= 0.6 is 11.3 Å². The van der Waals surface area contributed by atoms with Crippen molar-refractivity contribution < 1.29 is 13.7 Å². The van der Waals surface area contributed by atoms with E-state index in [-0.39, 0.29) is 23.0 Å². The SMILES string of the molecule is Cc1csc(C(C)Nc2ccc([N+](=O)[O-])cc2C(F)F)n1. The van der Waals surface area contributed by atoms with E-state index in [1.54, 1.807) is 6.92 Å². The van der Waals surface area contributed by atoms with Gasteiger partial charge in [0.1, 0.15) is 5.01 Å². The van der Waals surface area contributed by atoms with Crippen LogP contribution in [-0.4, -0.2) is 9.91 Å². The van der Waals surface area contributed by atoms with Gasteiger partial charge in [0.2, 0.25) is 0 Å². The zero-order chi connectivity index (χ0) is 15.6. The number of benzene rings is 1. The van der Waals surface area contributed by atoms with Crippen LogP contribution < -0.4 is 5.32 Å². The summed E-state index contributed by atoms with van der Waals surface area (Å²) in [6.07, 6.45) is -2.79. The number of hydrogen-bond acceptors (Lipinski definition) is 5. The average molecular weight is 313 g/mol. The largest absolute Gasteiger partial charge is 0.376 e. The van der Waals surface area contributed by atoms with Crippen molar-refractivity contribution in [1.29, 1.82) is 0 Å². The number of nitrogens with zero attached hydrogens (tertiary/aromatic N) is 2. The number of alkyl halides is 2. The molecule has 1 heterocycles. The zero-order valence-corrected chi connectivity index (χ0v) is 12.2. The Morgan fingerprint density at radius 3 is 2.67 bits per heavy atom. The molecule has 1 aromatic carbocycles. The summed E-state index contributed by atoms with van der Waals surface area (Å²) in [5, 5.41) is 16.2. The summed E-state index contributed by atoms with van der Waals surface area (Å²) in [6.45, 7) is 3.65. The minimum absolute atomic E-state index is 0.177. The molecule has 8 heteroatoms. The Kier molecular flexibility index (Phi) is 4.46. The summed E-state index contributed by atoms with van der Waals surface area (Å²) >= 11 is 1.43. The first-order valence-electron chi connectivity index (χ1n) is 6.13. The van der Waals surface area contributed by atoms with Gasteiger partial charge in [-0.05, 0) is 19.9 Å². The van der Waals surface area contributed by atoms with Gasteiger partial charge < -0.3 is 5.32 Å². The highest BCUT2D eigenvalue weighted by molar-refractivity contribution is 7.09. The molecule has 0 aliphatic rings. The lowest BCUT2D eigenvalue weighted by molar-refractivity contribution is -0.385. The van der Waals surface area contributed by atoms with Crippen LogP contribution in [0.15, 0.2) is 23.6 Å². The Labute approximate surface area is 123 Å². The standard InChI is InChI=1S/C13H13F2N3O2S/c1-7-6-21-13(16-7)8(2)17-11-4-3-9(18(19)20)5-10(11)12(14)15/h3-6,8,12,17H,1-2H3. The van der Waals surface area contributed by atoms with E-state index in [1.165, 1.54) is 23.5 Å². The van der Waals surface area contributed by atoms with E-state index in [4.69, 9.17) is 0 Å². The quantitative estimate of drug-likeness (QED) is 0.653. The monoisotopic (exact) mass is 313 g/mol. The van der Waals surface area contributed by atoms with Crippen LogP contribution in [0.3, 0.4) is 0 Å². The molecule has 21 heavy (non-hydrogen) atoms. The maximum absolute atomic E-state index is 13.1. The van der Waals surface area contributed by atoms with Gasteiger partial charge in [-0.3, -0.25) is 10.1 Å². The van der Waals surface area contributed by atoms with E-state index in [2.05, 4.69) is 10.3 Å². The van der Waals surface area contributed by atoms with E-state index >= 15 is 0 Å². The summed E-state index contributed by atoms with van der Waals surface area (Å²) in [5.74, 6) is 0. The van der Waals surface area contributed by atoms with Gasteiger partial charge in [-0.1, -0.05) is 0 Å². The van der Waals surface area contributed by atoms with Crippen LogP contribution in [0.4, 0.5) is 20.2 Å². The molecular weight excluding hydrogens is 300 g/mol. The first-order valence-corrected chi connectivity index (χ1v) is 7.01. The maximum Gasteiger partial charge on any atom is 0.270 e. The second-order valence-corrected chi connectivity index (χ2v) is 5.41. The number of anilines is 1. The zero-order valence-electron chi connectivity index (χ0n) is 11.3. The van der Waals surface area contributed by atoms with E-state index in [9.17, 15) is 18.9 Å². The van der Waals surface area contributed by atoms with Crippen molar-refractivity contribution in [3.63, 3.8) is 0 Å². The van der Waals surface area contributed by atoms with Crippen molar-refractivity contribution in [1.82, 2.24) is 4.98 Å². The van der Waals surface area contributed by atoms with Gasteiger partial charge in [0, 0.05) is 34.5 Å². The van der Waals surface area contributed by atoms with Gasteiger partial charge in [0.25, 0.3) is 12.1 Å². The predicted molar refractivity (Wildman–Crippen MR) is 76.9 cm³/mol. The highest BCUT2D eigenvalue weighted by Crippen LogP contribution is 2.33. The molecule has 1 atom stereocenters. The van der Waals surface area contributed by atoms with Crippen molar-refractivity contribution >= 4 is 22.7 Å². The molecule has 0 saturated heterocycles. The minimum Gasteiger partial charge on any atom is -0.376 e. The molecule has 5 nitrogen and oxygen atoms in total. The average Bonchev–Trinajstić information content (AvgIpc) is 2.85. The topological polar surface area (TPSA) is 68.1 Å². The van der Waals surface area contributed by atoms with Crippen LogP contribution in [0.2, 0.25) is 0 Å². The highest BCUT2D eigenvalue weighted by Gasteiger charge is 2.20. The van der Waals surface area contributed by atoms with Gasteiger partial charge in [0.15, 0.2) is 0 Å². The second kappa shape index (κ2) is 6.13. The molecule has 0 bridgehead atoms. The number of rotatable bonds is 5. The van der Waals surface area contributed by atoms with Crippen LogP contribution in [0, 0.1) is 17.0 Å². The molecule has 112 valence electrons. The van der Waals surface area contributed by atoms with Crippen molar-refractivity contribution in [2.24, 2.45) is 0 Å². The Morgan fingerprint density at radius 1 is 1.43 bits per heavy atom. The summed E-state index contributed by atoms with van der Waals surface area (Å²) in [4.78, 5) is 14.3. The predicted octanol–water partition coefficient (Wildman–Crippen LogP) is 4.47. The smallest absolute Gasteiger partial charge is 0.270 e. The summed E-state index contributed by atoms with van der Waals surface area (Å²) in [6, 6.07) is 3.14. The molecule has 0 aliphatic carbocycles. The molecule has 1 unspecified atom stereocenters. The first-order chi connectivity index (χ1) is 9.88. The van der Waals surface area contributed by atoms with E-state index in [0.29, 0.717) is 0 Å². The second-order valence-electron chi connectivity index (χ2n) is 4.52. The Hall–Kier alpha value is -2.09. The van der Waals surface area contributed by atoms with Gasteiger partial charge in [-0.25, -0.2) is 13.8 Å². The molecule has 0 spiro atoms. The third-order valence-electron chi connectivity index (χ3n) is 2.86. The lowest BCUT2D eigenvalue weighted by atomic mass is 10.1. The summed E-state index contributed by atoms with van der Waals surface area (Å²) in [5.41, 5.74) is 0.301. The van der Waals surface area contributed by atoms with Crippen LogP contribution in [0.25, 0.3) is 0 Å². The molecule has 2 aromatic rings. The lowest BCUT2D eigenvalue weighted by Crippen LogP contribution is -2.09. The number of non-ortho nitro benzene ring substituents is 1. The molecule has 1 aromatic heterocycles. The summed E-state index contributed by atoms with van der Waals surface area (Å²) in [7, 11) is 0. The Bertz CT molecular complexity index is 661. The molecule has 0 fully saturated rings. The van der Waals surface area contributed by atoms with E-state index in [0.717, 1.165) is 16.8 Å². The van der Waals surface area contributed by atoms with Crippen molar-refractivity contribution in [3.8, 4) is 0 Å². The number of nitrogens with one attached hydrogen (secondary N) is 1. The fraction of sp³-hybridized carbons (Fsp3) is 0.308. The fourth-order valence-corrected chi connectivity index (χ4v) is 2.65. The van der Waals surface area contributed by atoms with Gasteiger partial charge in [-0.15, -0.1) is 11.3 Å². The van der Waals surface area contributed by atoms with Gasteiger partial charge >= 0.3 is 0 Å². The molecule has 0 aliphatic heterocycles. The highest BCUT2D eigenvalue weighted by atomic mass is 32.1. The normalized spacial score (nSPS) is 12.4. The van der Waals surface area contributed by atoms with Crippen molar-refractivity contribution in [2.75, 3.05) is 5.32 Å². The summed E-state index contributed by atoms with van der Waals surface area (Å²) < 4.78 is 26.1. The van der Waals surface area contributed by atoms with E-state index < -0.39 is 11.3 Å². The van der Waals surface area contributed by atoms with Crippen molar-refractivity contribution in [2.45, 2.75) is 26.3 Å². The number of thiazole rings is 1. The number of aromatic nitrogens is 1. The van der Waals surface area contributed by atoms with Crippen molar-refractivity contribution in [3.05, 3.63) is 50.0 Å². The van der Waals surface area contributed by atoms with Crippen LogP contribution in [-0.2, 0) is 0 Å². The molecule has 0 radical (unpaired) electrons. The number of halogens is 2. The van der Waals surface area contributed by atoms with E-state index in [1.807, 2.05) is 12.3 Å². The van der Waals surface area contributed by atoms with Gasteiger partial charge in [-0.2, -0.15) is 0 Å². The minimum atomic E-state index is -2.79. The molecule has 1 N–H and O–H groups in total. The number of nitro benzene ring substituents is 1. The molecule has 0 amide bonds. The maximum atomic E-state index is 13.1. The first kappa shape index (κ1) is 15.3. The molecule has 0 saturated carbocycles. The number of aryl methyl sites for hydroxylation is 1. The third kappa shape index (κ3) is 3.52. The lowest BCUT2D eigenvalue weighted by Gasteiger charge is -2.16. The fourth-order valence-electron chi connectivity index (χ4n) is 1.84.